The van der Waals surface area contributed by atoms with Gasteiger partial charge in [0.25, 0.3) is 0 Å². The molecule has 138 valence electrons. The maximum Gasteiger partial charge on any atom is 0.146 e. The van der Waals surface area contributed by atoms with Crippen LogP contribution in [0.3, 0.4) is 0 Å². The third-order valence-electron chi connectivity index (χ3n) is 5.15. The lowest BCUT2D eigenvalue weighted by Gasteiger charge is -2.24. The monoisotopic (exact) mass is 349 g/mol. The number of anilines is 1. The number of fused-ring (bicyclic) bond motifs is 1. The second kappa shape index (κ2) is 7.14. The highest BCUT2D eigenvalue weighted by atomic mass is 15.2. The van der Waals surface area contributed by atoms with Crippen molar-refractivity contribution < 1.29 is 0 Å². The SMILES string of the molecule is CCCN(CC)c1cc(C)nc2c(-c3c(C)cc(C)cc3C)cc(C)n12. The van der Waals surface area contributed by atoms with Crippen molar-refractivity contribution in [3.8, 4) is 11.1 Å². The van der Waals surface area contributed by atoms with Crippen LogP contribution in [0.4, 0.5) is 5.82 Å². The summed E-state index contributed by atoms with van der Waals surface area (Å²) in [5.41, 5.74) is 9.91. The van der Waals surface area contributed by atoms with E-state index in [0.29, 0.717) is 0 Å². The third-order valence-corrected chi connectivity index (χ3v) is 5.15. The number of hydrogen-bond donors (Lipinski definition) is 0. The van der Waals surface area contributed by atoms with Crippen LogP contribution in [0, 0.1) is 34.6 Å². The number of nitrogens with zero attached hydrogens (tertiary/aromatic N) is 3. The van der Waals surface area contributed by atoms with Gasteiger partial charge in [0.15, 0.2) is 0 Å². The molecule has 2 heterocycles. The zero-order valence-corrected chi connectivity index (χ0v) is 17.3. The molecule has 0 fully saturated rings. The molecule has 0 aliphatic heterocycles. The van der Waals surface area contributed by atoms with Gasteiger partial charge < -0.3 is 4.90 Å². The normalized spacial score (nSPS) is 11.3. The van der Waals surface area contributed by atoms with Gasteiger partial charge in [-0.25, -0.2) is 4.98 Å². The Balaban J connectivity index is 2.33. The predicted molar refractivity (Wildman–Crippen MR) is 112 cm³/mol. The first kappa shape index (κ1) is 18.5. The molecule has 0 aliphatic rings. The number of aryl methyl sites for hydroxylation is 5. The summed E-state index contributed by atoms with van der Waals surface area (Å²) in [6, 6.07) is 9.06. The molecule has 0 amide bonds. The molecule has 0 radical (unpaired) electrons. The molecule has 0 N–H and O–H groups in total. The van der Waals surface area contributed by atoms with Crippen molar-refractivity contribution in [1.29, 1.82) is 0 Å². The van der Waals surface area contributed by atoms with Crippen molar-refractivity contribution in [1.82, 2.24) is 9.38 Å². The van der Waals surface area contributed by atoms with Crippen LogP contribution in [0.1, 0.15) is 48.3 Å². The molecule has 1 aromatic carbocycles. The fourth-order valence-electron chi connectivity index (χ4n) is 4.20. The van der Waals surface area contributed by atoms with Gasteiger partial charge in [0.2, 0.25) is 0 Å². The van der Waals surface area contributed by atoms with Crippen LogP contribution >= 0.6 is 0 Å². The molecule has 0 atom stereocenters. The maximum absolute atomic E-state index is 4.95. The molecule has 3 rings (SSSR count). The van der Waals surface area contributed by atoms with E-state index in [0.717, 1.165) is 30.9 Å². The van der Waals surface area contributed by atoms with E-state index >= 15 is 0 Å². The third kappa shape index (κ3) is 3.11. The van der Waals surface area contributed by atoms with Gasteiger partial charge >= 0.3 is 0 Å². The number of rotatable bonds is 5. The highest BCUT2D eigenvalue weighted by Gasteiger charge is 2.18. The van der Waals surface area contributed by atoms with E-state index in [-0.39, 0.29) is 0 Å². The van der Waals surface area contributed by atoms with Gasteiger partial charge in [-0.2, -0.15) is 0 Å². The van der Waals surface area contributed by atoms with Gasteiger partial charge in [-0.1, -0.05) is 24.6 Å². The molecule has 3 heteroatoms. The molecule has 0 saturated carbocycles. The summed E-state index contributed by atoms with van der Waals surface area (Å²) in [7, 11) is 0. The molecule has 2 aromatic heterocycles. The summed E-state index contributed by atoms with van der Waals surface area (Å²) < 4.78 is 2.33. The number of benzene rings is 1. The van der Waals surface area contributed by atoms with Crippen LogP contribution in [0.5, 0.6) is 0 Å². The standard InChI is InChI=1S/C23H31N3/c1-8-10-25(9-2)21-13-18(6)24-23-20(14-19(7)26(21)23)22-16(4)11-15(3)12-17(22)5/h11-14H,8-10H2,1-7H3. The van der Waals surface area contributed by atoms with Crippen LogP contribution < -0.4 is 4.90 Å². The van der Waals surface area contributed by atoms with Gasteiger partial charge in [0.1, 0.15) is 11.5 Å². The fourth-order valence-corrected chi connectivity index (χ4v) is 4.20. The maximum atomic E-state index is 4.95. The predicted octanol–water partition coefficient (Wildman–Crippen LogP) is 5.78. The Morgan fingerprint density at radius 1 is 0.923 bits per heavy atom. The van der Waals surface area contributed by atoms with E-state index in [4.69, 9.17) is 4.98 Å². The van der Waals surface area contributed by atoms with Gasteiger partial charge in [0.05, 0.1) is 0 Å². The van der Waals surface area contributed by atoms with Gasteiger partial charge in [0, 0.05) is 36.1 Å². The lowest BCUT2D eigenvalue weighted by molar-refractivity contribution is 0.766. The first-order chi connectivity index (χ1) is 12.4. The summed E-state index contributed by atoms with van der Waals surface area (Å²) in [6.45, 7) is 17.4. The molecule has 0 unspecified atom stereocenters. The average molecular weight is 350 g/mol. The molecule has 0 bridgehead atoms. The summed E-state index contributed by atoms with van der Waals surface area (Å²) in [4.78, 5) is 7.40. The van der Waals surface area contributed by atoms with Gasteiger partial charge in [-0.3, -0.25) is 4.40 Å². The first-order valence-electron chi connectivity index (χ1n) is 9.70. The highest BCUT2D eigenvalue weighted by Crippen LogP contribution is 2.35. The minimum atomic E-state index is 1.00. The summed E-state index contributed by atoms with van der Waals surface area (Å²) in [6.07, 6.45) is 1.14. The lowest BCUT2D eigenvalue weighted by atomic mass is 9.95. The van der Waals surface area contributed by atoms with Crippen molar-refractivity contribution >= 4 is 11.5 Å². The topological polar surface area (TPSA) is 20.5 Å². The van der Waals surface area contributed by atoms with Crippen LogP contribution in [-0.4, -0.2) is 22.5 Å². The fraction of sp³-hybridized carbons (Fsp3) is 0.435. The van der Waals surface area contributed by atoms with Crippen molar-refractivity contribution in [2.24, 2.45) is 0 Å². The van der Waals surface area contributed by atoms with Crippen LogP contribution in [0.25, 0.3) is 16.8 Å². The molecule has 26 heavy (non-hydrogen) atoms. The highest BCUT2D eigenvalue weighted by molar-refractivity contribution is 5.84. The van der Waals surface area contributed by atoms with E-state index < -0.39 is 0 Å². The van der Waals surface area contributed by atoms with E-state index in [2.05, 4.69) is 82.0 Å². The van der Waals surface area contributed by atoms with Crippen LogP contribution in [0.15, 0.2) is 24.3 Å². The van der Waals surface area contributed by atoms with E-state index in [1.165, 1.54) is 39.3 Å². The van der Waals surface area contributed by atoms with Gasteiger partial charge in [-0.15, -0.1) is 0 Å². The minimum absolute atomic E-state index is 1.00. The minimum Gasteiger partial charge on any atom is -0.358 e. The average Bonchev–Trinajstić information content (AvgIpc) is 2.87. The molecule has 3 nitrogen and oxygen atoms in total. The molecule has 3 aromatic rings. The van der Waals surface area contributed by atoms with E-state index in [1.54, 1.807) is 0 Å². The summed E-state index contributed by atoms with van der Waals surface area (Å²) >= 11 is 0. The van der Waals surface area contributed by atoms with E-state index in [1.807, 2.05) is 0 Å². The van der Waals surface area contributed by atoms with Crippen LogP contribution in [0.2, 0.25) is 0 Å². The molecular formula is C23H31N3. The smallest absolute Gasteiger partial charge is 0.146 e. The van der Waals surface area contributed by atoms with Crippen molar-refractivity contribution in [3.05, 3.63) is 52.3 Å². The zero-order chi connectivity index (χ0) is 19.0. The van der Waals surface area contributed by atoms with Crippen LogP contribution in [-0.2, 0) is 0 Å². The quantitative estimate of drug-likeness (QED) is 0.582. The Morgan fingerprint density at radius 2 is 1.58 bits per heavy atom. The number of hydrogen-bond acceptors (Lipinski definition) is 2. The van der Waals surface area contributed by atoms with Gasteiger partial charge in [-0.05, 0) is 70.7 Å². The molecule has 0 aliphatic carbocycles. The Hall–Kier alpha value is -2.29. The van der Waals surface area contributed by atoms with Crippen molar-refractivity contribution in [2.75, 3.05) is 18.0 Å². The lowest BCUT2D eigenvalue weighted by Crippen LogP contribution is -2.26. The number of aromatic nitrogens is 2. The molecular weight excluding hydrogens is 318 g/mol. The molecule has 0 saturated heterocycles. The van der Waals surface area contributed by atoms with E-state index in [9.17, 15) is 0 Å². The summed E-state index contributed by atoms with van der Waals surface area (Å²) in [5, 5.41) is 0. The Kier molecular flexibility index (Phi) is 5.08. The Labute approximate surface area is 157 Å². The Bertz CT molecular complexity index is 927. The van der Waals surface area contributed by atoms with Crippen molar-refractivity contribution in [3.63, 3.8) is 0 Å². The largest absolute Gasteiger partial charge is 0.358 e. The second-order valence-electron chi connectivity index (χ2n) is 7.47. The Morgan fingerprint density at radius 3 is 2.15 bits per heavy atom. The molecule has 0 spiro atoms. The zero-order valence-electron chi connectivity index (χ0n) is 17.3. The second-order valence-corrected chi connectivity index (χ2v) is 7.47. The van der Waals surface area contributed by atoms with Crippen molar-refractivity contribution in [2.45, 2.75) is 54.9 Å². The first-order valence-corrected chi connectivity index (χ1v) is 9.70. The summed E-state index contributed by atoms with van der Waals surface area (Å²) in [5.74, 6) is 1.25.